The predicted molar refractivity (Wildman–Crippen MR) is 95.6 cm³/mol. The van der Waals surface area contributed by atoms with Crippen molar-refractivity contribution in [1.82, 2.24) is 10.3 Å². The average molecular weight is 331 g/mol. The van der Waals surface area contributed by atoms with E-state index in [-0.39, 0.29) is 11.3 Å². The number of amides is 1. The third-order valence-electron chi connectivity index (χ3n) is 3.68. The molecule has 1 amide bonds. The van der Waals surface area contributed by atoms with Gasteiger partial charge >= 0.3 is 0 Å². The predicted octanol–water partition coefficient (Wildman–Crippen LogP) is 3.11. The molecule has 4 nitrogen and oxygen atoms in total. The Bertz CT molecular complexity index is 656. The molecule has 5 heteroatoms. The highest BCUT2D eigenvalue weighted by Gasteiger charge is 2.18. The van der Waals surface area contributed by atoms with E-state index in [1.807, 2.05) is 31.2 Å². The lowest BCUT2D eigenvalue weighted by molar-refractivity contribution is -0.122. The van der Waals surface area contributed by atoms with Gasteiger partial charge in [0, 0.05) is 23.8 Å². The third kappa shape index (κ3) is 4.88. The van der Waals surface area contributed by atoms with Crippen molar-refractivity contribution in [2.75, 3.05) is 6.54 Å². The summed E-state index contributed by atoms with van der Waals surface area (Å²) in [5.74, 6) is -0.151. The number of nitrogens with zero attached hydrogens (tertiary/aromatic N) is 1. The van der Waals surface area contributed by atoms with E-state index < -0.39 is 6.04 Å². The van der Waals surface area contributed by atoms with Gasteiger partial charge in [0.15, 0.2) is 0 Å². The Morgan fingerprint density at radius 2 is 1.96 bits per heavy atom. The summed E-state index contributed by atoms with van der Waals surface area (Å²) < 4.78 is 0. The van der Waals surface area contributed by atoms with Crippen molar-refractivity contribution in [2.24, 2.45) is 5.73 Å². The number of nitrogens with two attached hydrogens (primary N) is 1. The van der Waals surface area contributed by atoms with Crippen LogP contribution in [0.3, 0.4) is 0 Å². The molecule has 2 aromatic rings. The quantitative estimate of drug-likeness (QED) is 0.884. The molecule has 1 heterocycles. The van der Waals surface area contributed by atoms with Crippen LogP contribution in [0.5, 0.6) is 0 Å². The van der Waals surface area contributed by atoms with E-state index in [0.29, 0.717) is 6.54 Å². The number of hydrogen-bond donors (Lipinski definition) is 2. The average Bonchev–Trinajstić information content (AvgIpc) is 2.96. The lowest BCUT2D eigenvalue weighted by atomic mass is 9.93. The number of nitrogens with one attached hydrogen (secondary N) is 1. The van der Waals surface area contributed by atoms with E-state index in [1.54, 1.807) is 11.3 Å². The molecule has 1 atom stereocenters. The highest BCUT2D eigenvalue weighted by atomic mass is 32.1. The van der Waals surface area contributed by atoms with Crippen LogP contribution in [0, 0.1) is 6.92 Å². The molecule has 1 unspecified atom stereocenters. The Kier molecular flexibility index (Phi) is 5.55. The molecule has 0 radical (unpaired) electrons. The first-order valence-electron chi connectivity index (χ1n) is 7.82. The standard InChI is InChI=1S/C18H25N3OS/c1-12-5-7-13(8-6-12)16(19)17(22)20-10-9-15-21-14(11-23-15)18(2,3)4/h5-8,11,16H,9-10,19H2,1-4H3,(H,20,22). The topological polar surface area (TPSA) is 68.0 Å². The minimum absolute atomic E-state index is 0.0613. The second-order valence-corrected chi connectivity index (χ2v) is 7.75. The van der Waals surface area contributed by atoms with Gasteiger partial charge in [-0.25, -0.2) is 4.98 Å². The Hall–Kier alpha value is -1.72. The fourth-order valence-electron chi connectivity index (χ4n) is 2.10. The zero-order chi connectivity index (χ0) is 17.0. The molecule has 3 N–H and O–H groups in total. The van der Waals surface area contributed by atoms with Gasteiger partial charge in [0.2, 0.25) is 5.91 Å². The van der Waals surface area contributed by atoms with Crippen LogP contribution in [0.4, 0.5) is 0 Å². The second kappa shape index (κ2) is 7.23. The van der Waals surface area contributed by atoms with E-state index in [9.17, 15) is 4.79 Å². The van der Waals surface area contributed by atoms with Gasteiger partial charge in [0.05, 0.1) is 10.7 Å². The van der Waals surface area contributed by atoms with Crippen LogP contribution in [0.1, 0.15) is 48.6 Å². The van der Waals surface area contributed by atoms with E-state index in [2.05, 4.69) is 36.5 Å². The van der Waals surface area contributed by atoms with Gasteiger partial charge in [-0.1, -0.05) is 50.6 Å². The fraction of sp³-hybridized carbons (Fsp3) is 0.444. The van der Waals surface area contributed by atoms with Gasteiger partial charge < -0.3 is 11.1 Å². The minimum Gasteiger partial charge on any atom is -0.354 e. The fourth-order valence-corrected chi connectivity index (χ4v) is 3.12. The maximum Gasteiger partial charge on any atom is 0.241 e. The number of hydrogen-bond acceptors (Lipinski definition) is 4. The molecule has 0 fully saturated rings. The second-order valence-electron chi connectivity index (χ2n) is 6.81. The van der Waals surface area contributed by atoms with E-state index >= 15 is 0 Å². The summed E-state index contributed by atoms with van der Waals surface area (Å²) in [4.78, 5) is 16.8. The molecule has 0 bridgehead atoms. The summed E-state index contributed by atoms with van der Waals surface area (Å²) in [5.41, 5.74) is 9.15. The Balaban J connectivity index is 1.85. The zero-order valence-corrected chi connectivity index (χ0v) is 15.0. The number of thiazole rings is 1. The summed E-state index contributed by atoms with van der Waals surface area (Å²) in [6, 6.07) is 7.10. The van der Waals surface area contributed by atoms with Crippen LogP contribution < -0.4 is 11.1 Å². The van der Waals surface area contributed by atoms with Gasteiger partial charge in [0.25, 0.3) is 0 Å². The molecule has 23 heavy (non-hydrogen) atoms. The largest absolute Gasteiger partial charge is 0.354 e. The van der Waals surface area contributed by atoms with Crippen LogP contribution in [0.15, 0.2) is 29.6 Å². The number of aromatic nitrogens is 1. The first-order chi connectivity index (χ1) is 10.8. The molecule has 0 aliphatic carbocycles. The van der Waals surface area contributed by atoms with Crippen LogP contribution in [0.2, 0.25) is 0 Å². The van der Waals surface area contributed by atoms with Crippen molar-refractivity contribution in [3.8, 4) is 0 Å². The lowest BCUT2D eigenvalue weighted by Crippen LogP contribution is -2.35. The summed E-state index contributed by atoms with van der Waals surface area (Å²) in [6.07, 6.45) is 0.729. The molecule has 2 rings (SSSR count). The summed E-state index contributed by atoms with van der Waals surface area (Å²) in [6.45, 7) is 9.00. The van der Waals surface area contributed by atoms with E-state index in [1.165, 1.54) is 0 Å². The summed E-state index contributed by atoms with van der Waals surface area (Å²) in [5, 5.41) is 6.03. The number of carbonyl (C=O) groups is 1. The first-order valence-corrected chi connectivity index (χ1v) is 8.70. The van der Waals surface area contributed by atoms with Gasteiger partial charge in [-0.15, -0.1) is 11.3 Å². The highest BCUT2D eigenvalue weighted by molar-refractivity contribution is 7.09. The van der Waals surface area contributed by atoms with E-state index in [0.717, 1.165) is 28.2 Å². The molecule has 0 spiro atoms. The first kappa shape index (κ1) is 17.6. The van der Waals surface area contributed by atoms with Crippen LogP contribution in [0.25, 0.3) is 0 Å². The number of benzene rings is 1. The van der Waals surface area contributed by atoms with Gasteiger partial charge in [0.1, 0.15) is 6.04 Å². The van der Waals surface area contributed by atoms with Crippen molar-refractivity contribution in [3.05, 3.63) is 51.5 Å². The Labute approximate surface area is 142 Å². The molecule has 124 valence electrons. The van der Waals surface area contributed by atoms with E-state index in [4.69, 9.17) is 5.73 Å². The zero-order valence-electron chi connectivity index (χ0n) is 14.2. The normalized spacial score (nSPS) is 12.9. The number of rotatable bonds is 5. The smallest absolute Gasteiger partial charge is 0.241 e. The van der Waals surface area contributed by atoms with Gasteiger partial charge in [-0.05, 0) is 12.5 Å². The number of aryl methyl sites for hydroxylation is 1. The van der Waals surface area contributed by atoms with Gasteiger partial charge in [-0.3, -0.25) is 4.79 Å². The van der Waals surface area contributed by atoms with Crippen molar-refractivity contribution < 1.29 is 4.79 Å². The molecule has 0 saturated carbocycles. The van der Waals surface area contributed by atoms with Crippen LogP contribution >= 0.6 is 11.3 Å². The maximum atomic E-state index is 12.1. The lowest BCUT2D eigenvalue weighted by Gasteiger charge is -2.14. The Morgan fingerprint density at radius 1 is 1.30 bits per heavy atom. The maximum absolute atomic E-state index is 12.1. The van der Waals surface area contributed by atoms with Crippen molar-refractivity contribution >= 4 is 17.2 Å². The van der Waals surface area contributed by atoms with Crippen molar-refractivity contribution in [2.45, 2.75) is 45.6 Å². The molecule has 1 aromatic heterocycles. The van der Waals surface area contributed by atoms with Crippen molar-refractivity contribution in [3.63, 3.8) is 0 Å². The van der Waals surface area contributed by atoms with Gasteiger partial charge in [-0.2, -0.15) is 0 Å². The minimum atomic E-state index is -0.628. The monoisotopic (exact) mass is 331 g/mol. The molecular formula is C18H25N3OS. The molecule has 0 saturated heterocycles. The SMILES string of the molecule is Cc1ccc(C(N)C(=O)NCCc2nc(C(C)(C)C)cs2)cc1. The summed E-state index contributed by atoms with van der Waals surface area (Å²) >= 11 is 1.64. The Morgan fingerprint density at radius 3 is 2.52 bits per heavy atom. The molecule has 0 aliphatic heterocycles. The van der Waals surface area contributed by atoms with Crippen molar-refractivity contribution in [1.29, 1.82) is 0 Å². The third-order valence-corrected chi connectivity index (χ3v) is 4.59. The van der Waals surface area contributed by atoms with Crippen LogP contribution in [-0.4, -0.2) is 17.4 Å². The molecule has 0 aliphatic rings. The molecular weight excluding hydrogens is 306 g/mol. The number of carbonyl (C=O) groups excluding carboxylic acids is 1. The highest BCUT2D eigenvalue weighted by Crippen LogP contribution is 2.23. The summed E-state index contributed by atoms with van der Waals surface area (Å²) in [7, 11) is 0. The van der Waals surface area contributed by atoms with Crippen LogP contribution in [-0.2, 0) is 16.6 Å². The molecule has 1 aromatic carbocycles.